The largest absolute Gasteiger partial charge is 0.443 e. The highest BCUT2D eigenvalue weighted by Crippen LogP contribution is 2.39. The van der Waals surface area contributed by atoms with Crippen LogP contribution in [-0.2, 0) is 0 Å². The van der Waals surface area contributed by atoms with E-state index in [1.165, 1.54) is 11.5 Å². The quantitative estimate of drug-likeness (QED) is 0.403. The van der Waals surface area contributed by atoms with E-state index in [4.69, 9.17) is 16.3 Å². The van der Waals surface area contributed by atoms with Gasteiger partial charge in [0.1, 0.15) is 5.75 Å². The Morgan fingerprint density at radius 3 is 2.80 bits per heavy atom. The first-order valence-corrected chi connectivity index (χ1v) is 9.19. The normalized spacial score (nSPS) is 11.6. The molecule has 130 valence electrons. The molecule has 0 aliphatic carbocycles. The molecule has 1 aromatic heterocycles. The first-order chi connectivity index (χ1) is 12.0. The highest BCUT2D eigenvalue weighted by molar-refractivity contribution is 7.09. The van der Waals surface area contributed by atoms with Crippen LogP contribution in [0.15, 0.2) is 41.4 Å². The van der Waals surface area contributed by atoms with Crippen LogP contribution in [0.4, 0.5) is 5.69 Å². The molecule has 0 bridgehead atoms. The molecule has 3 aromatic rings. The molecular weight excluding hydrogens is 354 g/mol. The topological polar surface area (TPSA) is 37.7 Å². The van der Waals surface area contributed by atoms with E-state index in [-0.39, 0.29) is 0 Å². The molecule has 25 heavy (non-hydrogen) atoms. The van der Waals surface area contributed by atoms with Crippen molar-refractivity contribution in [2.45, 2.75) is 26.8 Å². The number of hydrogen-bond acceptors (Lipinski definition) is 4. The molecule has 3 rings (SSSR count). The number of fused-ring (bicyclic) bond motifs is 1. The number of aromatic nitrogens is 1. The van der Waals surface area contributed by atoms with E-state index in [2.05, 4.69) is 23.2 Å². The fourth-order valence-electron chi connectivity index (χ4n) is 2.19. The summed E-state index contributed by atoms with van der Waals surface area (Å²) >= 11 is 7.75. The second-order valence-corrected chi connectivity index (χ2v) is 7.31. The SMILES string of the molecule is Cc1cc(Oc2snc3ccccc23)c(Cl)cc1/N=C\N(C)C(C)C. The van der Waals surface area contributed by atoms with Crippen LogP contribution in [0.1, 0.15) is 19.4 Å². The monoisotopic (exact) mass is 373 g/mol. The van der Waals surface area contributed by atoms with Crippen LogP contribution in [0.3, 0.4) is 0 Å². The molecule has 2 aromatic carbocycles. The third-order valence-corrected chi connectivity index (χ3v) is 5.05. The second kappa shape index (κ2) is 7.42. The number of hydrogen-bond donors (Lipinski definition) is 0. The summed E-state index contributed by atoms with van der Waals surface area (Å²) in [7, 11) is 2.00. The van der Waals surface area contributed by atoms with Gasteiger partial charge in [-0.2, -0.15) is 4.37 Å². The summed E-state index contributed by atoms with van der Waals surface area (Å²) in [4.78, 5) is 6.57. The summed E-state index contributed by atoms with van der Waals surface area (Å²) in [6, 6.07) is 12.0. The van der Waals surface area contributed by atoms with E-state index in [0.29, 0.717) is 16.8 Å². The van der Waals surface area contributed by atoms with E-state index in [1.54, 1.807) is 0 Å². The molecule has 0 aliphatic rings. The van der Waals surface area contributed by atoms with Gasteiger partial charge in [0.25, 0.3) is 0 Å². The van der Waals surface area contributed by atoms with Crippen LogP contribution < -0.4 is 4.74 Å². The van der Waals surface area contributed by atoms with Crippen LogP contribution >= 0.6 is 23.1 Å². The number of ether oxygens (including phenoxy) is 1. The van der Waals surface area contributed by atoms with Crippen molar-refractivity contribution < 1.29 is 4.74 Å². The zero-order valence-electron chi connectivity index (χ0n) is 14.7. The number of nitrogens with zero attached hydrogens (tertiary/aromatic N) is 3. The maximum Gasteiger partial charge on any atom is 0.208 e. The van der Waals surface area contributed by atoms with Crippen molar-refractivity contribution in [2.75, 3.05) is 7.05 Å². The van der Waals surface area contributed by atoms with Gasteiger partial charge in [-0.05, 0) is 50.6 Å². The van der Waals surface area contributed by atoms with Gasteiger partial charge in [0.05, 0.1) is 28.0 Å². The lowest BCUT2D eigenvalue weighted by molar-refractivity contribution is 0.429. The molecule has 0 aliphatic heterocycles. The van der Waals surface area contributed by atoms with Crippen molar-refractivity contribution in [1.29, 1.82) is 0 Å². The summed E-state index contributed by atoms with van der Waals surface area (Å²) in [5.41, 5.74) is 2.76. The van der Waals surface area contributed by atoms with Crippen LogP contribution in [0.25, 0.3) is 10.9 Å². The Morgan fingerprint density at radius 2 is 2.04 bits per heavy atom. The molecule has 0 N–H and O–H groups in total. The van der Waals surface area contributed by atoms with Gasteiger partial charge in [-0.1, -0.05) is 23.7 Å². The average Bonchev–Trinajstić information content (AvgIpc) is 2.99. The maximum atomic E-state index is 6.42. The minimum Gasteiger partial charge on any atom is -0.443 e. The van der Waals surface area contributed by atoms with Crippen LogP contribution in [0.5, 0.6) is 10.8 Å². The van der Waals surface area contributed by atoms with E-state index >= 15 is 0 Å². The molecule has 0 atom stereocenters. The van der Waals surface area contributed by atoms with Gasteiger partial charge >= 0.3 is 0 Å². The molecule has 1 heterocycles. The van der Waals surface area contributed by atoms with E-state index in [9.17, 15) is 0 Å². The predicted molar refractivity (Wildman–Crippen MR) is 107 cm³/mol. The Kier molecular flexibility index (Phi) is 5.25. The number of aryl methyl sites for hydroxylation is 1. The fraction of sp³-hybridized carbons (Fsp3) is 0.263. The molecule has 0 saturated carbocycles. The summed E-state index contributed by atoms with van der Waals surface area (Å²) in [5.74, 6) is 0.615. The third kappa shape index (κ3) is 3.94. The van der Waals surface area contributed by atoms with Crippen molar-refractivity contribution in [3.05, 3.63) is 47.0 Å². The zero-order chi connectivity index (χ0) is 18.0. The first-order valence-electron chi connectivity index (χ1n) is 8.04. The zero-order valence-corrected chi connectivity index (χ0v) is 16.2. The lowest BCUT2D eigenvalue weighted by Gasteiger charge is -2.17. The predicted octanol–water partition coefficient (Wildman–Crippen LogP) is 6.05. The first kappa shape index (κ1) is 17.7. The molecule has 4 nitrogen and oxygen atoms in total. The third-order valence-electron chi connectivity index (χ3n) is 4.00. The van der Waals surface area contributed by atoms with E-state index in [0.717, 1.165) is 27.2 Å². The molecule has 0 unspecified atom stereocenters. The van der Waals surface area contributed by atoms with Crippen LogP contribution in [0, 0.1) is 6.92 Å². The molecular formula is C19H20ClN3OS. The van der Waals surface area contributed by atoms with Gasteiger partial charge in [-0.25, -0.2) is 4.99 Å². The Bertz CT molecular complexity index is 920. The van der Waals surface area contributed by atoms with Gasteiger partial charge in [-0.3, -0.25) is 0 Å². The number of aliphatic imine (C=N–C) groups is 1. The van der Waals surface area contributed by atoms with Crippen LogP contribution in [0.2, 0.25) is 5.02 Å². The smallest absolute Gasteiger partial charge is 0.208 e. The van der Waals surface area contributed by atoms with Gasteiger partial charge in [0.15, 0.2) is 0 Å². The van der Waals surface area contributed by atoms with Gasteiger partial charge in [0.2, 0.25) is 5.06 Å². The maximum absolute atomic E-state index is 6.42. The van der Waals surface area contributed by atoms with Gasteiger partial charge in [0, 0.05) is 24.6 Å². The Balaban J connectivity index is 1.87. The van der Waals surface area contributed by atoms with Gasteiger partial charge < -0.3 is 9.64 Å². The molecule has 0 radical (unpaired) electrons. The number of rotatable bonds is 5. The molecule has 0 saturated heterocycles. The average molecular weight is 374 g/mol. The van der Waals surface area contributed by atoms with Crippen molar-refractivity contribution in [2.24, 2.45) is 4.99 Å². The van der Waals surface area contributed by atoms with Crippen molar-refractivity contribution in [1.82, 2.24) is 9.27 Å². The van der Waals surface area contributed by atoms with Crippen molar-refractivity contribution >= 4 is 46.1 Å². The lowest BCUT2D eigenvalue weighted by atomic mass is 10.2. The van der Waals surface area contributed by atoms with Crippen LogP contribution in [-0.4, -0.2) is 28.7 Å². The number of benzene rings is 2. The summed E-state index contributed by atoms with van der Waals surface area (Å²) in [5, 5.41) is 2.26. The molecule has 0 fully saturated rings. The lowest BCUT2D eigenvalue weighted by Crippen LogP contribution is -2.24. The van der Waals surface area contributed by atoms with Crippen molar-refractivity contribution in [3.8, 4) is 10.8 Å². The second-order valence-electron chi connectivity index (χ2n) is 6.16. The van der Waals surface area contributed by atoms with E-state index < -0.39 is 0 Å². The molecule has 0 spiro atoms. The highest BCUT2D eigenvalue weighted by Gasteiger charge is 2.12. The number of halogens is 1. The van der Waals surface area contributed by atoms with Gasteiger partial charge in [-0.15, -0.1) is 0 Å². The Morgan fingerprint density at radius 1 is 1.28 bits per heavy atom. The summed E-state index contributed by atoms with van der Waals surface area (Å²) in [6.07, 6.45) is 1.82. The summed E-state index contributed by atoms with van der Waals surface area (Å²) in [6.45, 7) is 6.22. The Hall–Kier alpha value is -2.11. The summed E-state index contributed by atoms with van der Waals surface area (Å²) < 4.78 is 10.4. The fourth-order valence-corrected chi connectivity index (χ4v) is 3.12. The molecule has 6 heteroatoms. The Labute approximate surface area is 156 Å². The minimum atomic E-state index is 0.391. The highest BCUT2D eigenvalue weighted by atomic mass is 35.5. The van der Waals surface area contributed by atoms with E-state index in [1.807, 2.05) is 61.6 Å². The van der Waals surface area contributed by atoms with Crippen molar-refractivity contribution in [3.63, 3.8) is 0 Å². The minimum absolute atomic E-state index is 0.391. The molecule has 0 amide bonds. The standard InChI is InChI=1S/C19H20ClN3OS/c1-12(2)23(4)11-21-17-10-15(20)18(9-13(17)3)24-19-14-7-5-6-8-16(14)22-25-19/h5-12H,1-4H3/b21-11-.